The van der Waals surface area contributed by atoms with Gasteiger partial charge in [0.15, 0.2) is 11.5 Å². The first kappa shape index (κ1) is 16.3. The Bertz CT molecular complexity index is 657. The number of amides is 1. The number of rotatable bonds is 6. The minimum absolute atomic E-state index is 0.243. The van der Waals surface area contributed by atoms with Gasteiger partial charge in [0.1, 0.15) is 10.9 Å². The molecule has 1 aliphatic rings. The number of ether oxygens (including phenoxy) is 2. The second-order valence-corrected chi connectivity index (χ2v) is 5.84. The smallest absolute Gasteiger partial charge is 0.263 e. The van der Waals surface area contributed by atoms with Crippen LogP contribution in [0.15, 0.2) is 23.1 Å². The van der Waals surface area contributed by atoms with Gasteiger partial charge in [0.05, 0.1) is 17.5 Å². The molecule has 1 aromatic rings. The number of thiocarbonyl (C=S) groups is 1. The van der Waals surface area contributed by atoms with Crippen molar-refractivity contribution in [1.82, 2.24) is 5.32 Å². The summed E-state index contributed by atoms with van der Waals surface area (Å²) in [6.07, 6.45) is 1.58. The topological polar surface area (TPSA) is 87.7 Å². The van der Waals surface area contributed by atoms with Gasteiger partial charge in [0.25, 0.3) is 5.91 Å². The predicted molar refractivity (Wildman–Crippen MR) is 84.4 cm³/mol. The van der Waals surface area contributed by atoms with Crippen LogP contribution in [-0.4, -0.2) is 29.4 Å². The number of nitrogens with one attached hydrogen (secondary N) is 1. The van der Waals surface area contributed by atoms with E-state index in [9.17, 15) is 14.7 Å². The molecule has 22 heavy (non-hydrogen) atoms. The van der Waals surface area contributed by atoms with Gasteiger partial charge in [-0.3, -0.25) is 4.79 Å². The number of carbonyl (C=O) groups is 2. The Morgan fingerprint density at radius 1 is 1.45 bits per heavy atom. The molecule has 0 atom stereocenters. The van der Waals surface area contributed by atoms with E-state index in [-0.39, 0.29) is 11.7 Å². The molecule has 6 nitrogen and oxygen atoms in total. The standard InChI is InChI=1S/C14H13NO5S2/c1-2-19-9-5-3-4-8(12(9)20-7-11(16)17)6-10-13(18)15-14(21)22-10/h3-6H,2,7H2,1H3,(H,16,17)(H,15,18,21)/p-1/b10-6+. The molecule has 0 spiro atoms. The summed E-state index contributed by atoms with van der Waals surface area (Å²) in [6.45, 7) is 1.57. The van der Waals surface area contributed by atoms with Gasteiger partial charge in [-0.1, -0.05) is 36.1 Å². The van der Waals surface area contributed by atoms with Gasteiger partial charge in [0.2, 0.25) is 0 Å². The fourth-order valence-corrected chi connectivity index (χ4v) is 2.80. The van der Waals surface area contributed by atoms with E-state index in [1.807, 2.05) is 0 Å². The number of carboxylic acid groups (broad SMARTS) is 1. The van der Waals surface area contributed by atoms with Crippen molar-refractivity contribution in [2.75, 3.05) is 13.2 Å². The molecule has 0 radical (unpaired) electrons. The van der Waals surface area contributed by atoms with Crippen LogP contribution in [-0.2, 0) is 9.59 Å². The molecule has 1 N–H and O–H groups in total. The average molecular weight is 338 g/mol. The summed E-state index contributed by atoms with van der Waals surface area (Å²) in [5.41, 5.74) is 0.523. The number of carboxylic acids is 1. The number of carbonyl (C=O) groups excluding carboxylic acids is 2. The van der Waals surface area contributed by atoms with Crippen molar-refractivity contribution >= 4 is 46.3 Å². The minimum atomic E-state index is -1.35. The lowest BCUT2D eigenvalue weighted by Crippen LogP contribution is -2.29. The van der Waals surface area contributed by atoms with Crippen molar-refractivity contribution in [2.24, 2.45) is 0 Å². The first-order valence-corrected chi connectivity index (χ1v) is 7.57. The minimum Gasteiger partial charge on any atom is -0.546 e. The normalized spacial score (nSPS) is 15.8. The SMILES string of the molecule is CCOc1cccc(/C=C2/SC(=S)NC2=O)c1OCC(=O)[O-]. The first-order valence-electron chi connectivity index (χ1n) is 6.34. The molecular weight excluding hydrogens is 326 g/mol. The van der Waals surface area contributed by atoms with Crippen molar-refractivity contribution < 1.29 is 24.2 Å². The highest BCUT2D eigenvalue weighted by Crippen LogP contribution is 2.35. The molecule has 0 saturated carbocycles. The molecule has 1 aromatic carbocycles. The van der Waals surface area contributed by atoms with Gasteiger partial charge in [0, 0.05) is 5.56 Å². The van der Waals surface area contributed by atoms with Crippen LogP contribution in [0.1, 0.15) is 12.5 Å². The highest BCUT2D eigenvalue weighted by molar-refractivity contribution is 8.26. The number of hydrogen-bond donors (Lipinski definition) is 1. The van der Waals surface area contributed by atoms with Crippen LogP contribution in [0, 0.1) is 0 Å². The molecule has 116 valence electrons. The maximum atomic E-state index is 11.7. The van der Waals surface area contributed by atoms with Gasteiger partial charge in [-0.25, -0.2) is 0 Å². The molecule has 0 bridgehead atoms. The Morgan fingerprint density at radius 3 is 2.82 bits per heavy atom. The van der Waals surface area contributed by atoms with Crippen molar-refractivity contribution in [3.8, 4) is 11.5 Å². The van der Waals surface area contributed by atoms with Crippen LogP contribution in [0.25, 0.3) is 6.08 Å². The lowest BCUT2D eigenvalue weighted by molar-refractivity contribution is -0.307. The Morgan fingerprint density at radius 2 is 2.23 bits per heavy atom. The van der Waals surface area contributed by atoms with Crippen molar-refractivity contribution in [2.45, 2.75) is 6.92 Å². The predicted octanol–water partition coefficient (Wildman–Crippen LogP) is 0.703. The van der Waals surface area contributed by atoms with Crippen LogP contribution in [0.2, 0.25) is 0 Å². The van der Waals surface area contributed by atoms with E-state index in [0.717, 1.165) is 11.8 Å². The molecule has 1 saturated heterocycles. The number of hydrogen-bond acceptors (Lipinski definition) is 7. The fraction of sp³-hybridized carbons (Fsp3) is 0.214. The van der Waals surface area contributed by atoms with Gasteiger partial charge in [-0.2, -0.15) is 0 Å². The zero-order valence-electron chi connectivity index (χ0n) is 11.6. The van der Waals surface area contributed by atoms with E-state index in [1.165, 1.54) is 0 Å². The molecule has 8 heteroatoms. The van der Waals surface area contributed by atoms with Gasteiger partial charge >= 0.3 is 0 Å². The van der Waals surface area contributed by atoms with Crippen LogP contribution >= 0.6 is 24.0 Å². The summed E-state index contributed by atoms with van der Waals surface area (Å²) in [5, 5.41) is 13.1. The van der Waals surface area contributed by atoms with E-state index in [1.54, 1.807) is 31.2 Å². The lowest BCUT2D eigenvalue weighted by atomic mass is 10.1. The Hall–Kier alpha value is -2.06. The summed E-state index contributed by atoms with van der Waals surface area (Å²) >= 11 is 6.05. The molecule has 1 heterocycles. The largest absolute Gasteiger partial charge is 0.546 e. The van der Waals surface area contributed by atoms with Crippen molar-refractivity contribution in [3.05, 3.63) is 28.7 Å². The number of thioether (sulfide) groups is 1. The van der Waals surface area contributed by atoms with E-state index in [2.05, 4.69) is 5.32 Å². The second-order valence-electron chi connectivity index (χ2n) is 4.12. The maximum absolute atomic E-state index is 11.7. The van der Waals surface area contributed by atoms with Gasteiger partial charge in [-0.15, -0.1) is 0 Å². The van der Waals surface area contributed by atoms with E-state index in [4.69, 9.17) is 21.7 Å². The molecule has 1 aliphatic heterocycles. The maximum Gasteiger partial charge on any atom is 0.263 e. The van der Waals surface area contributed by atoms with E-state index < -0.39 is 12.6 Å². The average Bonchev–Trinajstić information content (AvgIpc) is 2.76. The van der Waals surface area contributed by atoms with Crippen molar-refractivity contribution in [1.29, 1.82) is 0 Å². The second kappa shape index (κ2) is 7.28. The van der Waals surface area contributed by atoms with Crippen LogP contribution in [0.5, 0.6) is 11.5 Å². The zero-order valence-corrected chi connectivity index (χ0v) is 13.2. The molecule has 0 unspecified atom stereocenters. The molecule has 1 fully saturated rings. The summed E-state index contributed by atoms with van der Waals surface area (Å²) in [4.78, 5) is 22.7. The molecule has 2 rings (SSSR count). The monoisotopic (exact) mass is 338 g/mol. The number of benzene rings is 1. The van der Waals surface area contributed by atoms with E-state index >= 15 is 0 Å². The molecular formula is C14H12NO5S2-. The lowest BCUT2D eigenvalue weighted by Gasteiger charge is -2.14. The highest BCUT2D eigenvalue weighted by atomic mass is 32.2. The van der Waals surface area contributed by atoms with Crippen LogP contribution in [0.4, 0.5) is 0 Å². The van der Waals surface area contributed by atoms with Gasteiger partial charge < -0.3 is 24.7 Å². The summed E-state index contributed by atoms with van der Waals surface area (Å²) in [6, 6.07) is 5.07. The molecule has 0 aromatic heterocycles. The highest BCUT2D eigenvalue weighted by Gasteiger charge is 2.23. The van der Waals surface area contributed by atoms with Crippen molar-refractivity contribution in [3.63, 3.8) is 0 Å². The van der Waals surface area contributed by atoms with Gasteiger partial charge in [-0.05, 0) is 19.1 Å². The third-order valence-corrected chi connectivity index (χ3v) is 3.73. The Labute approximate surface area is 136 Å². The third-order valence-electron chi connectivity index (χ3n) is 2.57. The molecule has 0 aliphatic carbocycles. The first-order chi connectivity index (χ1) is 10.5. The van der Waals surface area contributed by atoms with Crippen LogP contribution < -0.4 is 19.9 Å². The number of para-hydroxylation sites is 1. The zero-order chi connectivity index (χ0) is 16.1. The Balaban J connectivity index is 2.38. The Kier molecular flexibility index (Phi) is 5.40. The quantitative estimate of drug-likeness (QED) is 0.603. The number of aliphatic carboxylic acids is 1. The summed E-state index contributed by atoms with van der Waals surface area (Å²) < 4.78 is 11.0. The molecule has 1 amide bonds. The third kappa shape index (κ3) is 3.99. The fourth-order valence-electron chi connectivity index (χ4n) is 1.76. The summed E-state index contributed by atoms with van der Waals surface area (Å²) in [5.74, 6) is -1.02. The van der Waals surface area contributed by atoms with Crippen LogP contribution in [0.3, 0.4) is 0 Å². The van der Waals surface area contributed by atoms with E-state index in [0.29, 0.717) is 27.1 Å². The summed E-state index contributed by atoms with van der Waals surface area (Å²) in [7, 11) is 0.